The summed E-state index contributed by atoms with van der Waals surface area (Å²) >= 11 is 1.51. The molecule has 0 atom stereocenters. The van der Waals surface area contributed by atoms with Gasteiger partial charge in [0.1, 0.15) is 5.82 Å². The highest BCUT2D eigenvalue weighted by Gasteiger charge is 2.06. The molecule has 1 heterocycles. The molecule has 1 aromatic heterocycles. The van der Waals surface area contributed by atoms with Gasteiger partial charge in [0, 0.05) is 5.38 Å². The second-order valence-electron chi connectivity index (χ2n) is 4.27. The molecule has 6 heteroatoms. The van der Waals surface area contributed by atoms with Crippen molar-refractivity contribution in [1.29, 1.82) is 0 Å². The van der Waals surface area contributed by atoms with Crippen LogP contribution in [0.2, 0.25) is 0 Å². The van der Waals surface area contributed by atoms with E-state index in [-0.39, 0.29) is 18.1 Å². The van der Waals surface area contributed by atoms with Crippen molar-refractivity contribution in [3.05, 3.63) is 51.7 Å². The fraction of sp³-hybridized carbons (Fsp3) is 0.214. The van der Waals surface area contributed by atoms with Crippen molar-refractivity contribution in [2.24, 2.45) is 5.10 Å². The Morgan fingerprint density at radius 1 is 1.40 bits per heavy atom. The molecule has 1 aromatic carbocycles. The van der Waals surface area contributed by atoms with Crippen LogP contribution in [0.3, 0.4) is 0 Å². The lowest BCUT2D eigenvalue weighted by molar-refractivity contribution is -0.120. The van der Waals surface area contributed by atoms with Crippen LogP contribution in [0.15, 0.2) is 34.7 Å². The molecule has 0 aliphatic heterocycles. The van der Waals surface area contributed by atoms with Gasteiger partial charge in [-0.2, -0.15) is 5.10 Å². The minimum atomic E-state index is -0.301. The molecule has 2 rings (SSSR count). The molecule has 1 amide bonds. The summed E-state index contributed by atoms with van der Waals surface area (Å²) in [6.45, 7) is 3.64. The number of nitrogens with one attached hydrogen (secondary N) is 1. The number of carbonyl (C=O) groups is 1. The van der Waals surface area contributed by atoms with Crippen molar-refractivity contribution in [2.75, 3.05) is 0 Å². The predicted octanol–water partition coefficient (Wildman–Crippen LogP) is 2.67. The lowest BCUT2D eigenvalue weighted by Gasteiger charge is -2.02. The van der Waals surface area contributed by atoms with Crippen LogP contribution >= 0.6 is 11.3 Å². The van der Waals surface area contributed by atoms with Crippen LogP contribution in [0.5, 0.6) is 0 Å². The van der Waals surface area contributed by atoms with Gasteiger partial charge in [0.2, 0.25) is 5.91 Å². The van der Waals surface area contributed by atoms with Gasteiger partial charge in [0.05, 0.1) is 22.8 Å². The number of carbonyl (C=O) groups excluding carboxylic acids is 1. The van der Waals surface area contributed by atoms with Crippen LogP contribution < -0.4 is 5.43 Å². The van der Waals surface area contributed by atoms with Crippen LogP contribution in [-0.4, -0.2) is 16.6 Å². The van der Waals surface area contributed by atoms with Crippen molar-refractivity contribution in [1.82, 2.24) is 10.4 Å². The molecule has 0 saturated heterocycles. The molecule has 1 N–H and O–H groups in total. The van der Waals surface area contributed by atoms with Gasteiger partial charge in [-0.05, 0) is 31.5 Å². The first-order valence-corrected chi connectivity index (χ1v) is 6.92. The van der Waals surface area contributed by atoms with E-state index >= 15 is 0 Å². The maximum atomic E-state index is 12.8. The van der Waals surface area contributed by atoms with Crippen LogP contribution in [0.4, 0.5) is 4.39 Å². The summed E-state index contributed by atoms with van der Waals surface area (Å²) in [5.41, 5.74) is 4.59. The maximum absolute atomic E-state index is 12.8. The number of benzene rings is 1. The first kappa shape index (κ1) is 14.3. The maximum Gasteiger partial charge on any atom is 0.246 e. The molecule has 20 heavy (non-hydrogen) atoms. The van der Waals surface area contributed by atoms with E-state index < -0.39 is 0 Å². The molecule has 0 unspecified atom stereocenters. The van der Waals surface area contributed by atoms with Crippen LogP contribution in [0.25, 0.3) is 0 Å². The largest absolute Gasteiger partial charge is 0.273 e. The summed E-state index contributed by atoms with van der Waals surface area (Å²) in [5, 5.41) is 6.78. The smallest absolute Gasteiger partial charge is 0.246 e. The minimum absolute atomic E-state index is 0.199. The number of aromatic nitrogens is 1. The minimum Gasteiger partial charge on any atom is -0.273 e. The topological polar surface area (TPSA) is 54.4 Å². The number of thiazole rings is 1. The zero-order valence-corrected chi connectivity index (χ0v) is 12.0. The second kappa shape index (κ2) is 6.38. The number of hydrogen-bond donors (Lipinski definition) is 1. The summed E-state index contributed by atoms with van der Waals surface area (Å²) in [6, 6.07) is 5.94. The van der Waals surface area contributed by atoms with Gasteiger partial charge in [-0.15, -0.1) is 11.3 Å². The molecular formula is C14H14FN3OS. The number of halogens is 1. The summed E-state index contributed by atoms with van der Waals surface area (Å²) < 4.78 is 12.8. The molecule has 0 spiro atoms. The van der Waals surface area contributed by atoms with E-state index in [2.05, 4.69) is 15.5 Å². The first-order valence-electron chi connectivity index (χ1n) is 6.04. The zero-order chi connectivity index (χ0) is 14.5. The number of hydrogen-bond acceptors (Lipinski definition) is 4. The Labute approximate surface area is 120 Å². The zero-order valence-electron chi connectivity index (χ0n) is 11.2. The van der Waals surface area contributed by atoms with Crippen molar-refractivity contribution in [2.45, 2.75) is 20.3 Å². The normalized spacial score (nSPS) is 11.4. The summed E-state index contributed by atoms with van der Waals surface area (Å²) in [5.74, 6) is -0.527. The number of nitrogens with zero attached hydrogens (tertiary/aromatic N) is 2. The van der Waals surface area contributed by atoms with Crippen molar-refractivity contribution in [3.8, 4) is 0 Å². The Kier molecular flexibility index (Phi) is 4.57. The summed E-state index contributed by atoms with van der Waals surface area (Å²) in [4.78, 5) is 15.9. The molecular weight excluding hydrogens is 277 g/mol. The number of rotatable bonds is 4. The number of amides is 1. The molecule has 0 aliphatic carbocycles. The Hall–Kier alpha value is -2.08. The van der Waals surface area contributed by atoms with E-state index in [1.165, 1.54) is 23.5 Å². The fourth-order valence-corrected chi connectivity index (χ4v) is 2.21. The van der Waals surface area contributed by atoms with Crippen molar-refractivity contribution in [3.63, 3.8) is 0 Å². The third-order valence-electron chi connectivity index (χ3n) is 2.62. The van der Waals surface area contributed by atoms with E-state index in [9.17, 15) is 9.18 Å². The average molecular weight is 291 g/mol. The molecule has 2 aromatic rings. The van der Waals surface area contributed by atoms with Gasteiger partial charge in [0.15, 0.2) is 0 Å². The van der Waals surface area contributed by atoms with Crippen molar-refractivity contribution >= 4 is 23.0 Å². The molecule has 104 valence electrons. The van der Waals surface area contributed by atoms with Gasteiger partial charge < -0.3 is 0 Å². The lowest BCUT2D eigenvalue weighted by Crippen LogP contribution is -2.21. The first-order chi connectivity index (χ1) is 9.54. The van der Waals surface area contributed by atoms with Gasteiger partial charge in [-0.3, -0.25) is 4.79 Å². The van der Waals surface area contributed by atoms with E-state index in [0.29, 0.717) is 5.71 Å². The van der Waals surface area contributed by atoms with Crippen molar-refractivity contribution < 1.29 is 9.18 Å². The van der Waals surface area contributed by atoms with Crippen LogP contribution in [0, 0.1) is 12.7 Å². The van der Waals surface area contributed by atoms with E-state index in [0.717, 1.165) is 16.3 Å². The lowest BCUT2D eigenvalue weighted by atomic mass is 10.1. The van der Waals surface area contributed by atoms with Crippen LogP contribution in [0.1, 0.15) is 23.2 Å². The summed E-state index contributed by atoms with van der Waals surface area (Å²) in [7, 11) is 0. The fourth-order valence-electron chi connectivity index (χ4n) is 1.60. The molecule has 4 nitrogen and oxygen atoms in total. The second-order valence-corrected chi connectivity index (χ2v) is 5.34. The SMILES string of the molecule is CC(=NNC(=O)Cc1csc(C)n1)c1ccc(F)cc1. The third kappa shape index (κ3) is 3.96. The number of hydrazone groups is 1. The standard InChI is InChI=1S/C14H14FN3OS/c1-9(11-3-5-12(15)6-4-11)17-18-14(19)7-13-8-20-10(2)16-13/h3-6,8H,7H2,1-2H3,(H,18,19). The van der Waals surface area contributed by atoms with E-state index in [4.69, 9.17) is 0 Å². The van der Waals surface area contributed by atoms with E-state index in [1.807, 2.05) is 12.3 Å². The van der Waals surface area contributed by atoms with Crippen LogP contribution in [-0.2, 0) is 11.2 Å². The molecule has 0 fully saturated rings. The highest BCUT2D eigenvalue weighted by Crippen LogP contribution is 2.08. The Morgan fingerprint density at radius 2 is 2.10 bits per heavy atom. The Balaban J connectivity index is 1.94. The summed E-state index contributed by atoms with van der Waals surface area (Å²) in [6.07, 6.45) is 0.199. The molecule has 0 aliphatic rings. The average Bonchev–Trinajstić information content (AvgIpc) is 2.82. The Morgan fingerprint density at radius 3 is 2.70 bits per heavy atom. The third-order valence-corrected chi connectivity index (χ3v) is 3.44. The molecule has 0 saturated carbocycles. The quantitative estimate of drug-likeness (QED) is 0.695. The van der Waals surface area contributed by atoms with Gasteiger partial charge in [0.25, 0.3) is 0 Å². The van der Waals surface area contributed by atoms with Gasteiger partial charge in [-0.1, -0.05) is 12.1 Å². The molecule has 0 radical (unpaired) electrons. The molecule has 0 bridgehead atoms. The Bertz CT molecular complexity index is 634. The van der Waals surface area contributed by atoms with Gasteiger partial charge in [-0.25, -0.2) is 14.8 Å². The van der Waals surface area contributed by atoms with E-state index in [1.54, 1.807) is 19.1 Å². The van der Waals surface area contributed by atoms with Gasteiger partial charge >= 0.3 is 0 Å². The number of aryl methyl sites for hydroxylation is 1. The predicted molar refractivity (Wildman–Crippen MR) is 77.3 cm³/mol. The highest BCUT2D eigenvalue weighted by atomic mass is 32.1. The monoisotopic (exact) mass is 291 g/mol. The highest BCUT2D eigenvalue weighted by molar-refractivity contribution is 7.09.